The Morgan fingerprint density at radius 3 is 2.64 bits per heavy atom. The van der Waals surface area contributed by atoms with Gasteiger partial charge in [-0.1, -0.05) is 26.7 Å². The molecule has 0 spiro atoms. The predicted molar refractivity (Wildman–Crippen MR) is 51.7 cm³/mol. The molecule has 11 heavy (non-hydrogen) atoms. The molecule has 0 saturated heterocycles. The van der Waals surface area contributed by atoms with Gasteiger partial charge in [0, 0.05) is 6.20 Å². The molecule has 0 fully saturated rings. The van der Waals surface area contributed by atoms with Gasteiger partial charge >= 0.3 is 0 Å². The van der Waals surface area contributed by atoms with E-state index in [1.807, 2.05) is 0 Å². The zero-order valence-corrected chi connectivity index (χ0v) is 8.35. The summed E-state index contributed by atoms with van der Waals surface area (Å²) < 4.78 is 4.31. The van der Waals surface area contributed by atoms with Gasteiger partial charge in [0.05, 0.1) is 0 Å². The molecular formula is C9H16NP. The quantitative estimate of drug-likeness (QED) is 0.675. The molecule has 0 bridgehead atoms. The van der Waals surface area contributed by atoms with Gasteiger partial charge in [-0.15, -0.1) is 0 Å². The Balaban J connectivity index is 2.62. The molecular weight excluding hydrogens is 153 g/mol. The molecule has 1 aromatic heterocycles. The standard InChI is InChI=1S/C9H16NP/c1-3-5-8-7-10-11-9(8)6-4-2/h7,11H,3-6H2,1-2H3. The highest BCUT2D eigenvalue weighted by Gasteiger charge is 2.00. The monoisotopic (exact) mass is 169 g/mol. The molecule has 1 unspecified atom stereocenters. The second-order valence-corrected chi connectivity index (χ2v) is 3.96. The highest BCUT2D eigenvalue weighted by atomic mass is 31.0. The van der Waals surface area contributed by atoms with E-state index < -0.39 is 0 Å². The fraction of sp³-hybridized carbons (Fsp3) is 0.667. The summed E-state index contributed by atoms with van der Waals surface area (Å²) in [5.74, 6) is 0. The fourth-order valence-corrected chi connectivity index (χ4v) is 2.36. The molecule has 0 N–H and O–H groups in total. The van der Waals surface area contributed by atoms with Crippen molar-refractivity contribution in [2.24, 2.45) is 0 Å². The summed E-state index contributed by atoms with van der Waals surface area (Å²) in [6, 6.07) is 0. The van der Waals surface area contributed by atoms with Gasteiger partial charge in [0.2, 0.25) is 0 Å². The average molecular weight is 169 g/mol. The lowest BCUT2D eigenvalue weighted by Crippen LogP contribution is -1.85. The molecule has 1 atom stereocenters. The zero-order valence-electron chi connectivity index (χ0n) is 7.35. The van der Waals surface area contributed by atoms with Crippen molar-refractivity contribution in [3.05, 3.63) is 17.1 Å². The van der Waals surface area contributed by atoms with Crippen LogP contribution in [0.4, 0.5) is 0 Å². The van der Waals surface area contributed by atoms with Crippen LogP contribution in [0.15, 0.2) is 6.20 Å². The first-order chi connectivity index (χ1) is 5.38. The third kappa shape index (κ3) is 2.34. The molecule has 0 aliphatic carbocycles. The van der Waals surface area contributed by atoms with Crippen molar-refractivity contribution >= 4 is 8.35 Å². The van der Waals surface area contributed by atoms with E-state index in [1.165, 1.54) is 31.2 Å². The number of rotatable bonds is 4. The molecule has 0 amide bonds. The largest absolute Gasteiger partial charge is 0.248 e. The highest BCUT2D eigenvalue weighted by Crippen LogP contribution is 2.20. The number of hydrogen-bond acceptors (Lipinski definition) is 1. The van der Waals surface area contributed by atoms with Gasteiger partial charge in [-0.2, -0.15) is 0 Å². The van der Waals surface area contributed by atoms with E-state index in [4.69, 9.17) is 0 Å². The third-order valence-corrected chi connectivity index (χ3v) is 2.93. The second kappa shape index (κ2) is 4.56. The normalized spacial score (nSPS) is 11.1. The summed E-state index contributed by atoms with van der Waals surface area (Å²) in [5, 5.41) is 1.61. The predicted octanol–water partition coefficient (Wildman–Crippen LogP) is 3.02. The highest BCUT2D eigenvalue weighted by molar-refractivity contribution is 7.26. The van der Waals surface area contributed by atoms with E-state index in [-0.39, 0.29) is 0 Å². The Labute approximate surface area is 70.4 Å². The number of hydrogen-bond donors (Lipinski definition) is 0. The smallest absolute Gasteiger partial charge is 0.0344 e. The van der Waals surface area contributed by atoms with Crippen LogP contribution < -0.4 is 0 Å². The van der Waals surface area contributed by atoms with Crippen molar-refractivity contribution in [2.45, 2.75) is 39.5 Å². The van der Waals surface area contributed by atoms with E-state index in [0.29, 0.717) is 0 Å². The lowest BCUT2D eigenvalue weighted by Gasteiger charge is -1.98. The summed E-state index contributed by atoms with van der Waals surface area (Å²) in [6.07, 6.45) is 7.07. The topological polar surface area (TPSA) is 12.9 Å². The van der Waals surface area contributed by atoms with Gasteiger partial charge in [-0.05, 0) is 32.1 Å². The van der Waals surface area contributed by atoms with Crippen LogP contribution in [-0.2, 0) is 12.8 Å². The minimum absolute atomic E-state index is 0.746. The molecule has 1 heterocycles. The summed E-state index contributed by atoms with van der Waals surface area (Å²) in [4.78, 5) is 0. The average Bonchev–Trinajstić information content (AvgIpc) is 2.39. The Morgan fingerprint density at radius 2 is 2.00 bits per heavy atom. The van der Waals surface area contributed by atoms with Crippen LogP contribution in [0.3, 0.4) is 0 Å². The molecule has 0 radical (unpaired) electrons. The van der Waals surface area contributed by atoms with Crippen molar-refractivity contribution < 1.29 is 0 Å². The molecule has 62 valence electrons. The van der Waals surface area contributed by atoms with E-state index >= 15 is 0 Å². The Bertz CT molecular complexity index is 185. The van der Waals surface area contributed by atoms with Crippen molar-refractivity contribution in [3.8, 4) is 0 Å². The molecule has 0 aliphatic heterocycles. The van der Waals surface area contributed by atoms with Gasteiger partial charge in [0.15, 0.2) is 0 Å². The van der Waals surface area contributed by atoms with E-state index in [1.54, 1.807) is 5.30 Å². The van der Waals surface area contributed by atoms with Crippen LogP contribution in [0.25, 0.3) is 0 Å². The Hall–Kier alpha value is -0.290. The van der Waals surface area contributed by atoms with E-state index in [2.05, 4.69) is 24.8 Å². The lowest BCUT2D eigenvalue weighted by molar-refractivity contribution is 0.877. The maximum atomic E-state index is 4.31. The summed E-state index contributed by atoms with van der Waals surface area (Å²) in [6.45, 7) is 4.46. The molecule has 1 rings (SSSR count). The fourth-order valence-electron chi connectivity index (χ4n) is 1.29. The molecule has 1 nitrogen and oxygen atoms in total. The van der Waals surface area contributed by atoms with Crippen LogP contribution in [0.2, 0.25) is 0 Å². The van der Waals surface area contributed by atoms with Crippen molar-refractivity contribution in [3.63, 3.8) is 0 Å². The van der Waals surface area contributed by atoms with Crippen molar-refractivity contribution in [2.75, 3.05) is 0 Å². The van der Waals surface area contributed by atoms with Gasteiger partial charge in [-0.3, -0.25) is 0 Å². The summed E-state index contributed by atoms with van der Waals surface area (Å²) >= 11 is 0. The van der Waals surface area contributed by atoms with Crippen LogP contribution in [0, 0.1) is 0 Å². The molecule has 0 aromatic carbocycles. The number of aryl methyl sites for hydroxylation is 2. The van der Waals surface area contributed by atoms with E-state index in [9.17, 15) is 0 Å². The summed E-state index contributed by atoms with van der Waals surface area (Å²) in [7, 11) is 0.746. The third-order valence-electron chi connectivity index (χ3n) is 1.83. The first kappa shape index (κ1) is 8.80. The maximum absolute atomic E-state index is 4.31. The Morgan fingerprint density at radius 1 is 1.27 bits per heavy atom. The van der Waals surface area contributed by atoms with E-state index in [0.717, 1.165) is 8.35 Å². The minimum atomic E-state index is 0.746. The SMILES string of the molecule is CCCc1cn[pH]c1CCC. The van der Waals surface area contributed by atoms with Crippen molar-refractivity contribution in [1.29, 1.82) is 0 Å². The van der Waals surface area contributed by atoms with Gasteiger partial charge in [0.1, 0.15) is 0 Å². The lowest BCUT2D eigenvalue weighted by atomic mass is 10.1. The van der Waals surface area contributed by atoms with Crippen LogP contribution in [0.1, 0.15) is 37.5 Å². The minimum Gasteiger partial charge on any atom is -0.248 e. The van der Waals surface area contributed by atoms with Crippen LogP contribution >= 0.6 is 8.35 Å². The molecule has 0 saturated carbocycles. The maximum Gasteiger partial charge on any atom is 0.0344 e. The summed E-state index contributed by atoms with van der Waals surface area (Å²) in [5.41, 5.74) is 1.52. The first-order valence-corrected chi connectivity index (χ1v) is 5.34. The Kier molecular flexibility index (Phi) is 3.65. The second-order valence-electron chi connectivity index (χ2n) is 2.87. The molecule has 0 aliphatic rings. The molecule has 2 heteroatoms. The first-order valence-electron chi connectivity index (χ1n) is 4.39. The van der Waals surface area contributed by atoms with Gasteiger partial charge < -0.3 is 0 Å². The number of aromatic nitrogens is 1. The zero-order chi connectivity index (χ0) is 8.10. The van der Waals surface area contributed by atoms with Gasteiger partial charge in [0.25, 0.3) is 0 Å². The molecule has 1 aromatic rings. The van der Waals surface area contributed by atoms with Gasteiger partial charge in [-0.25, -0.2) is 4.75 Å². The van der Waals surface area contributed by atoms with Crippen LogP contribution in [-0.4, -0.2) is 4.75 Å². The number of nitrogens with zero attached hydrogens (tertiary/aromatic N) is 1. The van der Waals surface area contributed by atoms with Crippen molar-refractivity contribution in [1.82, 2.24) is 4.75 Å². The van der Waals surface area contributed by atoms with Crippen LogP contribution in [0.5, 0.6) is 0 Å².